The number of imidazole rings is 1. The van der Waals surface area contributed by atoms with E-state index in [0.717, 1.165) is 33.0 Å². The lowest BCUT2D eigenvalue weighted by Gasteiger charge is -2.16. The molecular weight excluding hydrogens is 517 g/mol. The molecule has 1 atom stereocenters. The van der Waals surface area contributed by atoms with Gasteiger partial charge >= 0.3 is 0 Å². The number of carbonyl (C=O) groups excluding carboxylic acids is 2. The van der Waals surface area contributed by atoms with E-state index in [9.17, 15) is 9.59 Å². The minimum absolute atomic E-state index is 0.0119. The number of amides is 2. The molecule has 0 bridgehead atoms. The Kier molecular flexibility index (Phi) is 6.54. The van der Waals surface area contributed by atoms with Crippen LogP contribution in [-0.2, 0) is 16.1 Å². The van der Waals surface area contributed by atoms with Crippen LogP contribution in [0.2, 0.25) is 0 Å². The van der Waals surface area contributed by atoms with E-state index in [1.54, 1.807) is 29.6 Å². The van der Waals surface area contributed by atoms with Gasteiger partial charge in [0.25, 0.3) is 0 Å². The van der Waals surface area contributed by atoms with Gasteiger partial charge in [-0.3, -0.25) is 14.6 Å². The Bertz CT molecular complexity index is 1680. The molecule has 0 radical (unpaired) electrons. The standard InChI is InChI=1S/C29H24FN5O3S/c1-2-34-16-23(32-17-34)26-15-22-27(39-26)25(10-12-31-22)38-24-9-8-18(14-21(24)30)33-28(36)20-11-13-35(29(20)37)19-6-4-3-5-7-19/h3-10,12,14-17,20H,2,11,13H2,1H3,(H,33,36). The number of anilines is 2. The summed E-state index contributed by atoms with van der Waals surface area (Å²) < 4.78 is 23.8. The monoisotopic (exact) mass is 541 g/mol. The zero-order valence-electron chi connectivity index (χ0n) is 21.0. The van der Waals surface area contributed by atoms with Crippen LogP contribution in [0.1, 0.15) is 13.3 Å². The van der Waals surface area contributed by atoms with E-state index in [1.165, 1.54) is 23.5 Å². The summed E-state index contributed by atoms with van der Waals surface area (Å²) in [6.07, 6.45) is 5.75. The van der Waals surface area contributed by atoms with Crippen molar-refractivity contribution in [2.45, 2.75) is 19.9 Å². The van der Waals surface area contributed by atoms with E-state index < -0.39 is 17.6 Å². The molecule has 8 nitrogen and oxygen atoms in total. The Labute approximate surface area is 227 Å². The highest BCUT2D eigenvalue weighted by Gasteiger charge is 2.37. The maximum absolute atomic E-state index is 15.1. The van der Waals surface area contributed by atoms with Gasteiger partial charge in [0, 0.05) is 49.0 Å². The number of carbonyl (C=O) groups is 2. The fourth-order valence-corrected chi connectivity index (χ4v) is 5.61. The molecule has 1 N–H and O–H groups in total. The molecule has 6 rings (SSSR count). The van der Waals surface area contributed by atoms with Crippen LogP contribution in [0.5, 0.6) is 11.5 Å². The predicted octanol–water partition coefficient (Wildman–Crippen LogP) is 6.10. The first-order valence-electron chi connectivity index (χ1n) is 12.6. The topological polar surface area (TPSA) is 89.3 Å². The molecule has 0 saturated carbocycles. The number of fused-ring (bicyclic) bond motifs is 1. The van der Waals surface area contributed by atoms with Crippen molar-refractivity contribution in [2.24, 2.45) is 5.92 Å². The molecule has 1 fully saturated rings. The molecule has 2 aromatic carbocycles. The largest absolute Gasteiger partial charge is 0.453 e. The van der Waals surface area contributed by atoms with Crippen LogP contribution >= 0.6 is 11.3 Å². The van der Waals surface area contributed by atoms with Crippen molar-refractivity contribution in [3.05, 3.63) is 85.2 Å². The van der Waals surface area contributed by atoms with Crippen molar-refractivity contribution in [1.82, 2.24) is 14.5 Å². The maximum atomic E-state index is 15.1. The van der Waals surface area contributed by atoms with E-state index in [0.29, 0.717) is 18.7 Å². The second-order valence-electron chi connectivity index (χ2n) is 9.13. The smallest absolute Gasteiger partial charge is 0.239 e. The number of aromatic nitrogens is 3. The summed E-state index contributed by atoms with van der Waals surface area (Å²) in [5, 5.41) is 2.68. The Balaban J connectivity index is 1.16. The van der Waals surface area contributed by atoms with Crippen molar-refractivity contribution in [3.63, 3.8) is 0 Å². The number of hydrogen-bond acceptors (Lipinski definition) is 6. The average Bonchev–Trinajstić information content (AvgIpc) is 3.69. The number of para-hydroxylation sites is 1. The lowest BCUT2D eigenvalue weighted by atomic mass is 10.1. The normalized spacial score (nSPS) is 15.2. The Hall–Kier alpha value is -4.57. The fraction of sp³-hybridized carbons (Fsp3) is 0.172. The van der Waals surface area contributed by atoms with E-state index in [1.807, 2.05) is 54.1 Å². The number of ether oxygens (including phenoxy) is 1. The van der Waals surface area contributed by atoms with E-state index in [2.05, 4.69) is 15.3 Å². The number of benzene rings is 2. The molecule has 0 aliphatic carbocycles. The van der Waals surface area contributed by atoms with E-state index >= 15 is 4.39 Å². The van der Waals surface area contributed by atoms with Crippen LogP contribution in [0.4, 0.5) is 15.8 Å². The lowest BCUT2D eigenvalue weighted by molar-refractivity contribution is -0.129. The minimum Gasteiger partial charge on any atom is -0.453 e. The molecule has 10 heteroatoms. The molecule has 196 valence electrons. The third kappa shape index (κ3) is 4.86. The summed E-state index contributed by atoms with van der Waals surface area (Å²) in [4.78, 5) is 37.1. The van der Waals surface area contributed by atoms with Crippen LogP contribution < -0.4 is 15.0 Å². The van der Waals surface area contributed by atoms with Crippen molar-refractivity contribution >= 4 is 44.7 Å². The van der Waals surface area contributed by atoms with Crippen LogP contribution in [0.15, 0.2) is 79.4 Å². The Morgan fingerprint density at radius 1 is 1.13 bits per heavy atom. The molecule has 3 aromatic heterocycles. The average molecular weight is 542 g/mol. The maximum Gasteiger partial charge on any atom is 0.239 e. The van der Waals surface area contributed by atoms with Gasteiger partial charge in [0.2, 0.25) is 11.8 Å². The van der Waals surface area contributed by atoms with Crippen LogP contribution in [0.25, 0.3) is 20.8 Å². The summed E-state index contributed by atoms with van der Waals surface area (Å²) in [6, 6.07) is 17.1. The number of thiophene rings is 1. The summed E-state index contributed by atoms with van der Waals surface area (Å²) in [5.74, 6) is -1.71. The van der Waals surface area contributed by atoms with Gasteiger partial charge in [0.1, 0.15) is 11.7 Å². The molecule has 1 aliphatic heterocycles. The second kappa shape index (κ2) is 10.3. The number of hydrogen-bond donors (Lipinski definition) is 1. The quantitative estimate of drug-likeness (QED) is 0.252. The van der Waals surface area contributed by atoms with Crippen molar-refractivity contribution in [1.29, 1.82) is 0 Å². The van der Waals surface area contributed by atoms with Crippen molar-refractivity contribution < 1.29 is 18.7 Å². The first-order valence-corrected chi connectivity index (χ1v) is 13.4. The van der Waals surface area contributed by atoms with Gasteiger partial charge in [-0.05, 0) is 43.7 Å². The summed E-state index contributed by atoms with van der Waals surface area (Å²) in [6.45, 7) is 3.32. The van der Waals surface area contributed by atoms with Crippen LogP contribution in [0, 0.1) is 11.7 Å². The highest BCUT2D eigenvalue weighted by molar-refractivity contribution is 7.22. The van der Waals surface area contributed by atoms with Crippen LogP contribution in [-0.4, -0.2) is 32.9 Å². The highest BCUT2D eigenvalue weighted by Crippen LogP contribution is 2.39. The predicted molar refractivity (Wildman–Crippen MR) is 149 cm³/mol. The molecule has 5 aromatic rings. The minimum atomic E-state index is -0.828. The molecule has 39 heavy (non-hydrogen) atoms. The first kappa shape index (κ1) is 24.7. The molecule has 0 spiro atoms. The molecule has 1 unspecified atom stereocenters. The van der Waals surface area contributed by atoms with Crippen molar-refractivity contribution in [2.75, 3.05) is 16.8 Å². The zero-order chi connectivity index (χ0) is 26.9. The van der Waals surface area contributed by atoms with Gasteiger partial charge in [0.05, 0.1) is 27.1 Å². The Morgan fingerprint density at radius 3 is 2.74 bits per heavy atom. The first-order chi connectivity index (χ1) is 19.0. The molecule has 1 aliphatic rings. The number of halogens is 1. The summed E-state index contributed by atoms with van der Waals surface area (Å²) in [7, 11) is 0. The van der Waals surface area contributed by atoms with Crippen molar-refractivity contribution in [3.8, 4) is 22.1 Å². The summed E-state index contributed by atoms with van der Waals surface area (Å²) >= 11 is 1.47. The van der Waals surface area contributed by atoms with E-state index in [-0.39, 0.29) is 17.3 Å². The van der Waals surface area contributed by atoms with Gasteiger partial charge in [-0.1, -0.05) is 18.2 Å². The second-order valence-corrected chi connectivity index (χ2v) is 10.2. The zero-order valence-corrected chi connectivity index (χ0v) is 21.8. The third-order valence-corrected chi connectivity index (χ3v) is 7.80. The molecule has 1 saturated heterocycles. The number of nitrogens with one attached hydrogen (secondary N) is 1. The number of nitrogens with zero attached hydrogens (tertiary/aromatic N) is 4. The molecule has 4 heterocycles. The van der Waals surface area contributed by atoms with Gasteiger partial charge < -0.3 is 19.5 Å². The van der Waals surface area contributed by atoms with Crippen LogP contribution in [0.3, 0.4) is 0 Å². The molecular formula is C29H24FN5O3S. The molecule has 2 amide bonds. The lowest BCUT2D eigenvalue weighted by Crippen LogP contribution is -2.33. The Morgan fingerprint density at radius 2 is 1.97 bits per heavy atom. The van der Waals surface area contributed by atoms with Gasteiger partial charge in [-0.15, -0.1) is 11.3 Å². The highest BCUT2D eigenvalue weighted by atomic mass is 32.1. The number of rotatable bonds is 7. The fourth-order valence-electron chi connectivity index (χ4n) is 4.58. The number of pyridine rings is 1. The summed E-state index contributed by atoms with van der Waals surface area (Å²) in [5.41, 5.74) is 2.57. The van der Waals surface area contributed by atoms with E-state index in [4.69, 9.17) is 4.74 Å². The number of aryl methyl sites for hydroxylation is 1. The van der Waals surface area contributed by atoms with Gasteiger partial charge in [-0.25, -0.2) is 9.37 Å². The van der Waals surface area contributed by atoms with Gasteiger partial charge in [0.15, 0.2) is 11.6 Å². The SMILES string of the molecule is CCn1cnc(-c2cc3nccc(Oc4ccc(NC(=O)C5CCN(c6ccccc6)C5=O)cc4F)c3s2)c1. The third-order valence-electron chi connectivity index (χ3n) is 6.64. The van der Waals surface area contributed by atoms with Gasteiger partial charge in [-0.2, -0.15) is 0 Å².